The summed E-state index contributed by atoms with van der Waals surface area (Å²) >= 11 is 0. The van der Waals surface area contributed by atoms with Gasteiger partial charge in [0, 0.05) is 44.2 Å². The molecular formula is C27H32Cl2N6O6. The number of anilines is 2. The summed E-state index contributed by atoms with van der Waals surface area (Å²) in [4.78, 5) is 43.2. The number of pyridine rings is 2. The van der Waals surface area contributed by atoms with Gasteiger partial charge in [-0.2, -0.15) is 0 Å². The fourth-order valence-electron chi connectivity index (χ4n) is 5.54. The molecule has 0 spiro atoms. The van der Waals surface area contributed by atoms with Crippen LogP contribution < -0.4 is 36.3 Å². The number of ether oxygens (including phenoxy) is 3. The summed E-state index contributed by atoms with van der Waals surface area (Å²) in [6.07, 6.45) is 1.48. The Balaban J connectivity index is 0.00000194. The van der Waals surface area contributed by atoms with Gasteiger partial charge in [0.25, 0.3) is 11.5 Å². The largest absolute Gasteiger partial charge is 0.492 e. The summed E-state index contributed by atoms with van der Waals surface area (Å²) in [6, 6.07) is 12.5. The summed E-state index contributed by atoms with van der Waals surface area (Å²) in [7, 11) is 0. The molecule has 2 aromatic heterocycles. The van der Waals surface area contributed by atoms with Gasteiger partial charge in [-0.1, -0.05) is 0 Å². The van der Waals surface area contributed by atoms with E-state index in [1.807, 2.05) is 24.3 Å². The van der Waals surface area contributed by atoms with Gasteiger partial charge in [-0.25, -0.2) is 9.78 Å². The van der Waals surface area contributed by atoms with Crippen molar-refractivity contribution in [2.45, 2.75) is 44.0 Å². The van der Waals surface area contributed by atoms with E-state index in [1.54, 1.807) is 27.7 Å². The third-order valence-electron chi connectivity index (χ3n) is 7.36. The van der Waals surface area contributed by atoms with Crippen molar-refractivity contribution in [1.82, 2.24) is 14.9 Å². The molecule has 1 aliphatic carbocycles. The van der Waals surface area contributed by atoms with Crippen LogP contribution in [0.1, 0.15) is 19.3 Å². The number of carbonyl (C=O) groups excluding carboxylic acids is 2. The van der Waals surface area contributed by atoms with Gasteiger partial charge in [0.05, 0.1) is 11.6 Å². The second-order valence-electron chi connectivity index (χ2n) is 9.86. The number of nitrogens with two attached hydrogens (primary N) is 1. The lowest BCUT2D eigenvalue weighted by Crippen LogP contribution is -2.46. The van der Waals surface area contributed by atoms with E-state index in [9.17, 15) is 14.4 Å². The fraction of sp³-hybridized carbons (Fsp3) is 0.407. The number of halogens is 2. The predicted octanol–water partition coefficient (Wildman–Crippen LogP) is 2.44. The SMILES string of the molecule is Cl.Cl.NCCOc1ccc2ccc(=O)n(CCN[C@H]3CC[C@H]4[C@H](C3)OC(=O)N4c3ccc4c(n3)NC(=O)CO4)c2c1. The number of rotatable bonds is 8. The van der Waals surface area contributed by atoms with Crippen LogP contribution in [-0.4, -0.2) is 66.0 Å². The number of fused-ring (bicyclic) bond motifs is 3. The second-order valence-corrected chi connectivity index (χ2v) is 9.86. The highest BCUT2D eigenvalue weighted by Crippen LogP contribution is 2.37. The van der Waals surface area contributed by atoms with Gasteiger partial charge in [-0.15, -0.1) is 24.8 Å². The minimum absolute atomic E-state index is 0. The first-order valence-corrected chi connectivity index (χ1v) is 13.1. The molecule has 1 aromatic carbocycles. The predicted molar refractivity (Wildman–Crippen MR) is 158 cm³/mol. The van der Waals surface area contributed by atoms with E-state index >= 15 is 0 Å². The summed E-state index contributed by atoms with van der Waals surface area (Å²) < 4.78 is 18.5. The first-order valence-electron chi connectivity index (χ1n) is 13.1. The normalized spacial score (nSPS) is 21.0. The quantitative estimate of drug-likeness (QED) is 0.351. The average Bonchev–Trinajstić information content (AvgIpc) is 3.27. The molecule has 6 rings (SSSR count). The Labute approximate surface area is 248 Å². The topological polar surface area (TPSA) is 150 Å². The monoisotopic (exact) mass is 606 g/mol. The van der Waals surface area contributed by atoms with Crippen LogP contribution >= 0.6 is 24.8 Å². The molecule has 3 atom stereocenters. The Morgan fingerprint density at radius 2 is 1.93 bits per heavy atom. The summed E-state index contributed by atoms with van der Waals surface area (Å²) in [5.74, 6) is 1.59. The van der Waals surface area contributed by atoms with Crippen LogP contribution in [0, 0.1) is 0 Å². The molecule has 0 bridgehead atoms. The van der Waals surface area contributed by atoms with Crippen molar-refractivity contribution >= 4 is 59.4 Å². The molecule has 12 nitrogen and oxygen atoms in total. The Bertz CT molecular complexity index is 1490. The molecule has 0 unspecified atom stereocenters. The van der Waals surface area contributed by atoms with Crippen molar-refractivity contribution < 1.29 is 23.8 Å². The number of hydrogen-bond donors (Lipinski definition) is 3. The molecule has 41 heavy (non-hydrogen) atoms. The van der Waals surface area contributed by atoms with Crippen molar-refractivity contribution in [3.63, 3.8) is 0 Å². The maximum atomic E-state index is 12.8. The van der Waals surface area contributed by atoms with Crippen LogP contribution in [-0.2, 0) is 16.1 Å². The minimum Gasteiger partial charge on any atom is -0.492 e. The molecule has 3 aliphatic rings. The molecule has 2 fully saturated rings. The first-order chi connectivity index (χ1) is 19.0. The first kappa shape index (κ1) is 30.4. The molecule has 2 amide bonds. The van der Waals surface area contributed by atoms with E-state index in [2.05, 4.69) is 15.6 Å². The molecule has 220 valence electrons. The van der Waals surface area contributed by atoms with Crippen LogP contribution in [0.3, 0.4) is 0 Å². The highest BCUT2D eigenvalue weighted by atomic mass is 35.5. The maximum absolute atomic E-state index is 12.8. The molecule has 3 aromatic rings. The molecule has 14 heteroatoms. The zero-order valence-corrected chi connectivity index (χ0v) is 23.7. The van der Waals surface area contributed by atoms with Crippen LogP contribution in [0.5, 0.6) is 11.5 Å². The zero-order chi connectivity index (χ0) is 26.9. The van der Waals surface area contributed by atoms with Crippen molar-refractivity contribution in [3.8, 4) is 11.5 Å². The molecular weight excluding hydrogens is 575 g/mol. The van der Waals surface area contributed by atoms with Gasteiger partial charge >= 0.3 is 6.09 Å². The number of aromatic nitrogens is 2. The highest BCUT2D eigenvalue weighted by Gasteiger charge is 2.46. The van der Waals surface area contributed by atoms with E-state index in [-0.39, 0.29) is 61.1 Å². The van der Waals surface area contributed by atoms with Crippen LogP contribution in [0.25, 0.3) is 10.9 Å². The highest BCUT2D eigenvalue weighted by molar-refractivity contribution is 5.95. The van der Waals surface area contributed by atoms with E-state index in [1.165, 1.54) is 0 Å². The van der Waals surface area contributed by atoms with Crippen molar-refractivity contribution in [1.29, 1.82) is 0 Å². The standard InChI is InChI=1S/C27H30N6O6.2ClH/c28-9-12-37-18-4-1-16-2-8-25(35)32(20(16)14-18)11-10-29-17-3-5-19-22(13-17)39-27(36)33(19)23-7-6-21-26(30-23)31-24(34)15-38-21;;/h1-2,4,6-8,14,17,19,22,29H,3,5,9-13,15,28H2,(H,30,31,34);2*1H/t17-,19-,22-;;/m0../s1. The van der Waals surface area contributed by atoms with Crippen molar-refractivity contribution in [2.75, 3.05) is 36.5 Å². The Hall–Kier alpha value is -3.58. The van der Waals surface area contributed by atoms with Gasteiger partial charge in [-0.05, 0) is 48.6 Å². The zero-order valence-electron chi connectivity index (χ0n) is 22.1. The lowest BCUT2D eigenvalue weighted by Gasteiger charge is -2.33. The summed E-state index contributed by atoms with van der Waals surface area (Å²) in [5.41, 5.74) is 6.27. The molecule has 4 heterocycles. The van der Waals surface area contributed by atoms with E-state index < -0.39 is 6.09 Å². The number of amides is 2. The number of nitrogens with zero attached hydrogens (tertiary/aromatic N) is 3. The van der Waals surface area contributed by atoms with Crippen molar-refractivity contribution in [2.24, 2.45) is 5.73 Å². The third kappa shape index (κ3) is 6.20. The molecule has 0 radical (unpaired) electrons. The molecule has 2 aliphatic heterocycles. The second kappa shape index (κ2) is 12.9. The smallest absolute Gasteiger partial charge is 0.416 e. The Morgan fingerprint density at radius 3 is 2.76 bits per heavy atom. The van der Waals surface area contributed by atoms with Gasteiger partial charge in [0.1, 0.15) is 24.3 Å². The molecule has 1 saturated heterocycles. The summed E-state index contributed by atoms with van der Waals surface area (Å²) in [5, 5.41) is 7.18. The van der Waals surface area contributed by atoms with Gasteiger partial charge in [0.2, 0.25) is 0 Å². The molecule has 4 N–H and O–H groups in total. The average molecular weight is 607 g/mol. The van der Waals surface area contributed by atoms with Crippen molar-refractivity contribution in [3.05, 3.63) is 52.8 Å². The summed E-state index contributed by atoms with van der Waals surface area (Å²) in [6.45, 7) is 1.83. The Kier molecular flexibility index (Phi) is 9.59. The van der Waals surface area contributed by atoms with Crippen LogP contribution in [0.15, 0.2) is 47.3 Å². The van der Waals surface area contributed by atoms with E-state index in [4.69, 9.17) is 19.9 Å². The number of carbonyl (C=O) groups is 2. The van der Waals surface area contributed by atoms with E-state index in [0.717, 1.165) is 23.7 Å². The van der Waals surface area contributed by atoms with Gasteiger partial charge < -0.3 is 35.1 Å². The van der Waals surface area contributed by atoms with Gasteiger partial charge in [0.15, 0.2) is 18.2 Å². The Morgan fingerprint density at radius 1 is 1.10 bits per heavy atom. The fourth-order valence-corrected chi connectivity index (χ4v) is 5.54. The lowest BCUT2D eigenvalue weighted by atomic mass is 9.88. The van der Waals surface area contributed by atoms with E-state index in [0.29, 0.717) is 55.8 Å². The van der Waals surface area contributed by atoms with Crippen LogP contribution in [0.4, 0.5) is 16.4 Å². The van der Waals surface area contributed by atoms with Gasteiger partial charge in [-0.3, -0.25) is 14.5 Å². The molecule has 1 saturated carbocycles. The maximum Gasteiger partial charge on any atom is 0.416 e. The van der Waals surface area contributed by atoms with Crippen LogP contribution in [0.2, 0.25) is 0 Å². The minimum atomic E-state index is -0.448. The number of benzene rings is 1. The lowest BCUT2D eigenvalue weighted by molar-refractivity contribution is -0.118. The third-order valence-corrected chi connectivity index (χ3v) is 7.36. The number of nitrogens with one attached hydrogen (secondary N) is 2. The number of hydrogen-bond acceptors (Lipinski definition) is 9.